The summed E-state index contributed by atoms with van der Waals surface area (Å²) in [7, 11) is 0. The fourth-order valence-corrected chi connectivity index (χ4v) is 1.70. The van der Waals surface area contributed by atoms with Crippen molar-refractivity contribution in [1.29, 1.82) is 0 Å². The molecule has 0 fully saturated rings. The van der Waals surface area contributed by atoms with Crippen molar-refractivity contribution < 1.29 is 20.1 Å². The summed E-state index contributed by atoms with van der Waals surface area (Å²) in [6, 6.07) is 7.51. The third kappa shape index (κ3) is 2.62. The molecule has 0 amide bonds. The highest BCUT2D eigenvalue weighted by atomic mass is 16.4. The molecule has 0 radical (unpaired) electrons. The van der Waals surface area contributed by atoms with E-state index in [1.54, 1.807) is 0 Å². The number of aryl methyl sites for hydroxylation is 1. The van der Waals surface area contributed by atoms with E-state index in [1.807, 2.05) is 31.2 Å². The molecule has 0 atom stereocenters. The first-order valence-electron chi connectivity index (χ1n) is 5.55. The van der Waals surface area contributed by atoms with Crippen LogP contribution < -0.4 is 0 Å². The first kappa shape index (κ1) is 12.8. The van der Waals surface area contributed by atoms with Gasteiger partial charge in [0.05, 0.1) is 0 Å². The topological polar surface area (TPSA) is 104 Å². The molecule has 1 heterocycles. The fourth-order valence-electron chi connectivity index (χ4n) is 1.70. The van der Waals surface area contributed by atoms with Gasteiger partial charge in [0, 0.05) is 6.42 Å². The minimum absolute atomic E-state index is 0.141. The van der Waals surface area contributed by atoms with Crippen LogP contribution >= 0.6 is 0 Å². The van der Waals surface area contributed by atoms with E-state index < -0.39 is 23.3 Å². The van der Waals surface area contributed by atoms with Gasteiger partial charge in [-0.2, -0.15) is 4.98 Å². The van der Waals surface area contributed by atoms with Crippen molar-refractivity contribution in [2.75, 3.05) is 0 Å². The van der Waals surface area contributed by atoms with Gasteiger partial charge < -0.3 is 15.3 Å². The Balaban J connectivity index is 2.42. The molecule has 2 aromatic rings. The number of aromatic nitrogens is 2. The molecular weight excluding hydrogens is 248 g/mol. The molecule has 0 spiro atoms. The molecule has 19 heavy (non-hydrogen) atoms. The lowest BCUT2D eigenvalue weighted by Crippen LogP contribution is -2.07. The van der Waals surface area contributed by atoms with E-state index in [0.29, 0.717) is 0 Å². The summed E-state index contributed by atoms with van der Waals surface area (Å²) in [6.07, 6.45) is 0.279. The smallest absolute Gasteiger partial charge is 0.358 e. The molecular formula is C13H12N2O4. The molecule has 0 bridgehead atoms. The molecule has 2 rings (SSSR count). The number of aromatic carboxylic acids is 1. The van der Waals surface area contributed by atoms with Gasteiger partial charge in [0.15, 0.2) is 5.69 Å². The van der Waals surface area contributed by atoms with E-state index in [1.165, 1.54) is 0 Å². The first-order chi connectivity index (χ1) is 8.99. The Hall–Kier alpha value is -2.63. The maximum atomic E-state index is 10.9. The second kappa shape index (κ2) is 4.93. The van der Waals surface area contributed by atoms with Crippen LogP contribution in [0.25, 0.3) is 0 Å². The van der Waals surface area contributed by atoms with Crippen molar-refractivity contribution in [2.24, 2.45) is 0 Å². The lowest BCUT2D eigenvalue weighted by Gasteiger charge is -2.07. The highest BCUT2D eigenvalue weighted by molar-refractivity contribution is 5.89. The molecule has 6 heteroatoms. The Bertz CT molecular complexity index is 641. The minimum atomic E-state index is -1.42. The van der Waals surface area contributed by atoms with Gasteiger partial charge in [-0.15, -0.1) is 0 Å². The zero-order chi connectivity index (χ0) is 14.0. The summed E-state index contributed by atoms with van der Waals surface area (Å²) in [4.78, 5) is 18.3. The Morgan fingerprint density at radius 3 is 2.53 bits per heavy atom. The van der Waals surface area contributed by atoms with Crippen LogP contribution in [0, 0.1) is 6.92 Å². The third-order valence-corrected chi connectivity index (χ3v) is 2.72. The van der Waals surface area contributed by atoms with Crippen molar-refractivity contribution in [1.82, 2.24) is 9.97 Å². The van der Waals surface area contributed by atoms with Gasteiger partial charge in [0.25, 0.3) is 5.88 Å². The summed E-state index contributed by atoms with van der Waals surface area (Å²) in [5.74, 6) is -2.82. The van der Waals surface area contributed by atoms with Crippen molar-refractivity contribution in [3.63, 3.8) is 0 Å². The lowest BCUT2D eigenvalue weighted by molar-refractivity contribution is 0.0685. The third-order valence-electron chi connectivity index (χ3n) is 2.72. The molecule has 1 aromatic carbocycles. The molecule has 98 valence electrons. The number of carboxylic acids is 1. The monoisotopic (exact) mass is 260 g/mol. The summed E-state index contributed by atoms with van der Waals surface area (Å²) < 4.78 is 0. The molecule has 0 saturated carbocycles. The van der Waals surface area contributed by atoms with Crippen LogP contribution in [0.15, 0.2) is 24.3 Å². The average Bonchev–Trinajstić information content (AvgIpc) is 2.36. The van der Waals surface area contributed by atoms with Gasteiger partial charge in [-0.25, -0.2) is 9.78 Å². The lowest BCUT2D eigenvalue weighted by atomic mass is 10.1. The van der Waals surface area contributed by atoms with Gasteiger partial charge in [0.1, 0.15) is 5.82 Å². The van der Waals surface area contributed by atoms with Crippen molar-refractivity contribution in [3.05, 3.63) is 46.9 Å². The largest absolute Gasteiger partial charge is 0.501 e. The molecule has 6 nitrogen and oxygen atoms in total. The zero-order valence-corrected chi connectivity index (χ0v) is 10.2. The van der Waals surface area contributed by atoms with Crippen LogP contribution in [-0.4, -0.2) is 31.3 Å². The maximum Gasteiger partial charge on any atom is 0.358 e. The van der Waals surface area contributed by atoms with Gasteiger partial charge in [0.2, 0.25) is 5.75 Å². The molecule has 3 N–H and O–H groups in total. The van der Waals surface area contributed by atoms with Crippen molar-refractivity contribution in [2.45, 2.75) is 13.3 Å². The Kier molecular flexibility index (Phi) is 3.33. The van der Waals surface area contributed by atoms with Crippen LogP contribution in [0.2, 0.25) is 0 Å². The number of carboxylic acid groups (broad SMARTS) is 1. The van der Waals surface area contributed by atoms with Gasteiger partial charge in [-0.3, -0.25) is 0 Å². The van der Waals surface area contributed by atoms with E-state index >= 15 is 0 Å². The quantitative estimate of drug-likeness (QED) is 0.772. The number of hydrogen-bond donors (Lipinski definition) is 3. The Labute approximate surface area is 109 Å². The number of benzene rings is 1. The summed E-state index contributed by atoms with van der Waals surface area (Å²) in [6.45, 7) is 1.91. The molecule has 0 aliphatic rings. The minimum Gasteiger partial charge on any atom is -0.501 e. The molecule has 0 saturated heterocycles. The molecule has 1 aromatic heterocycles. The maximum absolute atomic E-state index is 10.9. The van der Waals surface area contributed by atoms with E-state index in [-0.39, 0.29) is 12.2 Å². The second-order valence-corrected chi connectivity index (χ2v) is 4.07. The SMILES string of the molecule is Cc1ccccc1Cc1nc(O)c(O)c(C(=O)O)n1. The predicted octanol–water partition coefficient (Wildman–Crippen LogP) is 1.49. The number of carbonyl (C=O) groups is 1. The number of hydrogen-bond acceptors (Lipinski definition) is 5. The van der Waals surface area contributed by atoms with E-state index in [9.17, 15) is 15.0 Å². The van der Waals surface area contributed by atoms with Gasteiger partial charge in [-0.05, 0) is 18.1 Å². The molecule has 0 aliphatic heterocycles. The van der Waals surface area contributed by atoms with E-state index in [4.69, 9.17) is 5.11 Å². The van der Waals surface area contributed by atoms with E-state index in [2.05, 4.69) is 9.97 Å². The predicted molar refractivity (Wildman–Crippen MR) is 66.3 cm³/mol. The summed E-state index contributed by atoms with van der Waals surface area (Å²) >= 11 is 0. The highest BCUT2D eigenvalue weighted by Gasteiger charge is 2.18. The fraction of sp³-hybridized carbons (Fsp3) is 0.154. The van der Waals surface area contributed by atoms with Crippen LogP contribution in [0.5, 0.6) is 11.6 Å². The standard InChI is InChI=1S/C13H12N2O4/c1-7-4-2-3-5-8(7)6-9-14-10(13(18)19)11(16)12(17)15-9/h2-5,16H,6H2,1H3,(H,18,19)(H,14,15,17). The normalized spacial score (nSPS) is 10.4. The first-order valence-corrected chi connectivity index (χ1v) is 5.55. The van der Waals surface area contributed by atoms with Crippen LogP contribution in [0.4, 0.5) is 0 Å². The summed E-state index contributed by atoms with van der Waals surface area (Å²) in [5, 5.41) is 27.6. The van der Waals surface area contributed by atoms with E-state index in [0.717, 1.165) is 11.1 Å². The Morgan fingerprint density at radius 2 is 1.89 bits per heavy atom. The average molecular weight is 260 g/mol. The van der Waals surface area contributed by atoms with Crippen molar-refractivity contribution in [3.8, 4) is 11.6 Å². The van der Waals surface area contributed by atoms with Gasteiger partial charge >= 0.3 is 5.97 Å². The number of aromatic hydroxyl groups is 2. The number of nitrogens with zero attached hydrogens (tertiary/aromatic N) is 2. The molecule has 0 unspecified atom stereocenters. The van der Waals surface area contributed by atoms with Crippen LogP contribution in [0.1, 0.15) is 27.4 Å². The van der Waals surface area contributed by atoms with Crippen LogP contribution in [0.3, 0.4) is 0 Å². The van der Waals surface area contributed by atoms with Crippen molar-refractivity contribution >= 4 is 5.97 Å². The van der Waals surface area contributed by atoms with Crippen LogP contribution in [-0.2, 0) is 6.42 Å². The zero-order valence-electron chi connectivity index (χ0n) is 10.2. The highest BCUT2D eigenvalue weighted by Crippen LogP contribution is 2.26. The Morgan fingerprint density at radius 1 is 1.21 bits per heavy atom. The van der Waals surface area contributed by atoms with Gasteiger partial charge in [-0.1, -0.05) is 24.3 Å². The molecule has 0 aliphatic carbocycles. The number of rotatable bonds is 3. The second-order valence-electron chi connectivity index (χ2n) is 4.07. The summed E-state index contributed by atoms with van der Waals surface area (Å²) in [5.41, 5.74) is 1.33.